The first-order valence-electron chi connectivity index (χ1n) is 6.02. The molecule has 2 aromatic rings. The van der Waals surface area contributed by atoms with E-state index in [0.29, 0.717) is 16.3 Å². The molecule has 2 heterocycles. The lowest BCUT2D eigenvalue weighted by Gasteiger charge is -2.13. The molecule has 2 amide bonds. The summed E-state index contributed by atoms with van der Waals surface area (Å²) in [5.74, 6) is -0.495. The van der Waals surface area contributed by atoms with E-state index in [1.54, 1.807) is 30.3 Å². The number of anilines is 1. The maximum atomic E-state index is 12.4. The van der Waals surface area contributed by atoms with Crippen LogP contribution in [0.15, 0.2) is 47.4 Å². The van der Waals surface area contributed by atoms with Crippen molar-refractivity contribution in [3.63, 3.8) is 0 Å². The number of carbonyl (C=O) groups is 2. The van der Waals surface area contributed by atoms with Gasteiger partial charge in [0.1, 0.15) is 0 Å². The Morgan fingerprint density at radius 2 is 2.05 bits per heavy atom. The highest BCUT2D eigenvalue weighted by molar-refractivity contribution is 7.10. The van der Waals surface area contributed by atoms with Crippen molar-refractivity contribution in [3.05, 3.63) is 57.3 Å². The van der Waals surface area contributed by atoms with Crippen LogP contribution in [0.3, 0.4) is 0 Å². The van der Waals surface area contributed by atoms with E-state index in [4.69, 9.17) is 11.6 Å². The van der Waals surface area contributed by atoms with Crippen LogP contribution >= 0.6 is 22.9 Å². The van der Waals surface area contributed by atoms with Crippen molar-refractivity contribution in [1.29, 1.82) is 0 Å². The van der Waals surface area contributed by atoms with Gasteiger partial charge in [-0.1, -0.05) is 23.7 Å². The van der Waals surface area contributed by atoms with Gasteiger partial charge in [-0.3, -0.25) is 9.59 Å². The van der Waals surface area contributed by atoms with Gasteiger partial charge in [-0.15, -0.1) is 11.3 Å². The predicted molar refractivity (Wildman–Crippen MR) is 80.9 cm³/mol. The summed E-state index contributed by atoms with van der Waals surface area (Å²) in [5.41, 5.74) is 1.03. The minimum Gasteiger partial charge on any atom is -0.274 e. The number of nitrogens with zero attached hydrogens (tertiary/aromatic N) is 1. The van der Waals surface area contributed by atoms with Crippen molar-refractivity contribution in [1.82, 2.24) is 0 Å². The molecule has 0 aliphatic carbocycles. The van der Waals surface area contributed by atoms with Crippen LogP contribution in [-0.2, 0) is 9.59 Å². The molecule has 0 unspecified atom stereocenters. The zero-order chi connectivity index (χ0) is 14.1. The van der Waals surface area contributed by atoms with Gasteiger partial charge >= 0.3 is 0 Å². The summed E-state index contributed by atoms with van der Waals surface area (Å²) in [5, 5.41) is 2.43. The molecule has 20 heavy (non-hydrogen) atoms. The Morgan fingerprint density at radius 3 is 2.75 bits per heavy atom. The van der Waals surface area contributed by atoms with E-state index < -0.39 is 0 Å². The molecule has 0 atom stereocenters. The highest BCUT2D eigenvalue weighted by Gasteiger charge is 2.34. The molecule has 0 bridgehead atoms. The third-order valence-electron chi connectivity index (χ3n) is 2.99. The molecule has 1 aromatic carbocycles. The first kappa shape index (κ1) is 13.1. The minimum absolute atomic E-state index is 0.128. The van der Waals surface area contributed by atoms with Crippen molar-refractivity contribution in [2.24, 2.45) is 0 Å². The molecule has 0 N–H and O–H groups in total. The van der Waals surface area contributed by atoms with Gasteiger partial charge < -0.3 is 0 Å². The second-order valence-corrected chi connectivity index (χ2v) is 5.79. The molecular formula is C15H10ClNO2S. The van der Waals surface area contributed by atoms with Crippen molar-refractivity contribution >= 4 is 46.5 Å². The zero-order valence-electron chi connectivity index (χ0n) is 10.4. The van der Waals surface area contributed by atoms with Gasteiger partial charge in [0, 0.05) is 15.5 Å². The molecular weight excluding hydrogens is 294 g/mol. The van der Waals surface area contributed by atoms with Crippen LogP contribution < -0.4 is 4.90 Å². The fourth-order valence-electron chi connectivity index (χ4n) is 2.11. The highest BCUT2D eigenvalue weighted by Crippen LogP contribution is 2.29. The van der Waals surface area contributed by atoms with Gasteiger partial charge in [0.05, 0.1) is 12.1 Å². The topological polar surface area (TPSA) is 37.4 Å². The monoisotopic (exact) mass is 303 g/mol. The largest absolute Gasteiger partial charge is 0.274 e. The summed E-state index contributed by atoms with van der Waals surface area (Å²) < 4.78 is 0. The second-order valence-electron chi connectivity index (χ2n) is 4.38. The van der Waals surface area contributed by atoms with Crippen LogP contribution in [0, 0.1) is 0 Å². The molecule has 100 valence electrons. The van der Waals surface area contributed by atoms with Crippen molar-refractivity contribution < 1.29 is 9.59 Å². The average molecular weight is 304 g/mol. The Balaban J connectivity index is 1.95. The van der Waals surface area contributed by atoms with E-state index in [1.807, 2.05) is 17.5 Å². The first-order chi connectivity index (χ1) is 9.65. The summed E-state index contributed by atoms with van der Waals surface area (Å²) in [7, 11) is 0. The van der Waals surface area contributed by atoms with E-state index in [1.165, 1.54) is 16.2 Å². The first-order valence-corrected chi connectivity index (χ1v) is 7.28. The summed E-state index contributed by atoms with van der Waals surface area (Å²) in [4.78, 5) is 26.6. The number of halogens is 1. The van der Waals surface area contributed by atoms with Gasteiger partial charge in [-0.25, -0.2) is 4.90 Å². The van der Waals surface area contributed by atoms with E-state index in [2.05, 4.69) is 0 Å². The Labute approximate surface area is 125 Å². The van der Waals surface area contributed by atoms with Crippen LogP contribution in [0.2, 0.25) is 5.02 Å². The summed E-state index contributed by atoms with van der Waals surface area (Å²) >= 11 is 7.44. The normalized spacial score (nSPS) is 17.2. The number of amides is 2. The Bertz CT molecular complexity index is 706. The summed E-state index contributed by atoms with van der Waals surface area (Å²) in [6.45, 7) is 0. The summed E-state index contributed by atoms with van der Waals surface area (Å²) in [6.07, 6.45) is 1.90. The molecule has 1 aliphatic heterocycles. The van der Waals surface area contributed by atoms with Crippen molar-refractivity contribution in [3.8, 4) is 0 Å². The third-order valence-corrected chi connectivity index (χ3v) is 4.05. The van der Waals surface area contributed by atoms with Crippen LogP contribution in [0.25, 0.3) is 6.08 Å². The van der Waals surface area contributed by atoms with E-state index in [0.717, 1.165) is 4.88 Å². The standard InChI is InChI=1S/C15H10ClNO2S/c16-11-3-1-4-12(9-11)17-14(18)8-10(15(17)19)7-13-5-2-6-20-13/h1-7,9H,8H2/b10-7+. The lowest BCUT2D eigenvalue weighted by atomic mass is 10.2. The number of hydrogen-bond donors (Lipinski definition) is 0. The predicted octanol–water partition coefficient (Wildman–Crippen LogP) is 3.75. The molecule has 0 spiro atoms. The molecule has 5 heteroatoms. The molecule has 1 saturated heterocycles. The molecule has 3 rings (SSSR count). The molecule has 1 aliphatic rings. The minimum atomic E-state index is -0.273. The molecule has 1 aromatic heterocycles. The van der Waals surface area contributed by atoms with Crippen LogP contribution in [-0.4, -0.2) is 11.8 Å². The maximum absolute atomic E-state index is 12.4. The van der Waals surface area contributed by atoms with Crippen molar-refractivity contribution in [2.45, 2.75) is 6.42 Å². The highest BCUT2D eigenvalue weighted by atomic mass is 35.5. The van der Waals surface area contributed by atoms with Crippen molar-refractivity contribution in [2.75, 3.05) is 4.90 Å². The lowest BCUT2D eigenvalue weighted by Crippen LogP contribution is -2.28. The number of rotatable bonds is 2. The molecule has 1 fully saturated rings. The Kier molecular flexibility index (Phi) is 3.42. The maximum Gasteiger partial charge on any atom is 0.261 e. The van der Waals surface area contributed by atoms with Gasteiger partial charge in [-0.2, -0.15) is 0 Å². The molecule has 0 saturated carbocycles. The number of carbonyl (C=O) groups excluding carboxylic acids is 2. The van der Waals surface area contributed by atoms with Gasteiger partial charge in [-0.05, 0) is 35.7 Å². The number of hydrogen-bond acceptors (Lipinski definition) is 3. The molecule has 3 nitrogen and oxygen atoms in total. The second kappa shape index (κ2) is 5.23. The fraction of sp³-hybridized carbons (Fsp3) is 0.0667. The zero-order valence-corrected chi connectivity index (χ0v) is 11.9. The van der Waals surface area contributed by atoms with Gasteiger partial charge in [0.25, 0.3) is 5.91 Å². The number of thiophene rings is 1. The molecule has 0 radical (unpaired) electrons. The van der Waals surface area contributed by atoms with Gasteiger partial charge in [0.15, 0.2) is 0 Å². The number of imide groups is 1. The van der Waals surface area contributed by atoms with E-state index in [-0.39, 0.29) is 18.2 Å². The summed E-state index contributed by atoms with van der Waals surface area (Å²) in [6, 6.07) is 10.6. The fourth-order valence-corrected chi connectivity index (χ4v) is 2.98. The smallest absolute Gasteiger partial charge is 0.261 e. The average Bonchev–Trinajstić information content (AvgIpc) is 2.99. The van der Waals surface area contributed by atoms with Gasteiger partial charge in [0.2, 0.25) is 5.91 Å². The van der Waals surface area contributed by atoms with Crippen LogP contribution in [0.4, 0.5) is 5.69 Å². The SMILES string of the molecule is O=C1C/C(=C\c2cccs2)C(=O)N1c1cccc(Cl)c1. The van der Waals surface area contributed by atoms with Crippen LogP contribution in [0.1, 0.15) is 11.3 Å². The van der Waals surface area contributed by atoms with E-state index >= 15 is 0 Å². The Morgan fingerprint density at radius 1 is 1.20 bits per heavy atom. The quantitative estimate of drug-likeness (QED) is 0.626. The Hall–Kier alpha value is -1.91. The van der Waals surface area contributed by atoms with Crippen LogP contribution in [0.5, 0.6) is 0 Å². The lowest BCUT2D eigenvalue weighted by molar-refractivity contribution is -0.120. The third kappa shape index (κ3) is 2.40. The number of benzene rings is 1. The van der Waals surface area contributed by atoms with E-state index in [9.17, 15) is 9.59 Å².